The Kier molecular flexibility index (Phi) is 4.75. The Balaban J connectivity index is 1.71. The van der Waals surface area contributed by atoms with Crippen LogP contribution in [0.2, 0.25) is 0 Å². The van der Waals surface area contributed by atoms with Gasteiger partial charge in [-0.3, -0.25) is 0 Å². The number of furan rings is 1. The number of hydrogen-bond acceptors (Lipinski definition) is 5. The molecule has 130 valence electrons. The smallest absolute Gasteiger partial charge is 0.449 e. The molecule has 1 aliphatic heterocycles. The number of rotatable bonds is 4. The molecule has 2 aromatic heterocycles. The number of halogens is 3. The number of nitrogens with zero attached hydrogens (tertiary/aromatic N) is 2. The molecule has 8 heteroatoms. The van der Waals surface area contributed by atoms with E-state index in [1.807, 2.05) is 0 Å². The normalized spacial score (nSPS) is 18.6. The molecule has 0 saturated carbocycles. The van der Waals surface area contributed by atoms with Crippen LogP contribution < -0.4 is 10.6 Å². The first-order chi connectivity index (χ1) is 11.4. The van der Waals surface area contributed by atoms with Gasteiger partial charge >= 0.3 is 6.18 Å². The monoisotopic (exact) mass is 340 g/mol. The fourth-order valence-electron chi connectivity index (χ4n) is 2.92. The largest absolute Gasteiger partial charge is 0.456 e. The van der Waals surface area contributed by atoms with Crippen LogP contribution in [0.15, 0.2) is 22.9 Å². The van der Waals surface area contributed by atoms with Crippen molar-refractivity contribution in [3.8, 4) is 0 Å². The maximum atomic E-state index is 12.9. The Hall–Kier alpha value is -2.09. The second kappa shape index (κ2) is 6.80. The Morgan fingerprint density at radius 2 is 2.17 bits per heavy atom. The van der Waals surface area contributed by atoms with E-state index in [0.29, 0.717) is 11.7 Å². The topological polar surface area (TPSA) is 63.0 Å². The lowest BCUT2D eigenvalue weighted by Crippen LogP contribution is -2.28. The molecule has 0 amide bonds. The fourth-order valence-corrected chi connectivity index (χ4v) is 2.92. The van der Waals surface area contributed by atoms with Gasteiger partial charge in [-0.1, -0.05) is 0 Å². The highest BCUT2D eigenvalue weighted by atomic mass is 19.4. The summed E-state index contributed by atoms with van der Waals surface area (Å²) in [6, 6.07) is 3.20. The molecule has 1 unspecified atom stereocenters. The minimum absolute atomic E-state index is 0.00838. The Labute approximate surface area is 137 Å². The lowest BCUT2D eigenvalue weighted by atomic mass is 9.96. The molecule has 3 rings (SSSR count). The zero-order chi connectivity index (χ0) is 17.2. The van der Waals surface area contributed by atoms with E-state index in [9.17, 15) is 13.2 Å². The van der Waals surface area contributed by atoms with Crippen LogP contribution in [-0.4, -0.2) is 23.1 Å². The number of alkyl halides is 3. The molecular weight excluding hydrogens is 321 g/mol. The van der Waals surface area contributed by atoms with E-state index in [-0.39, 0.29) is 17.9 Å². The van der Waals surface area contributed by atoms with Crippen LogP contribution in [0.3, 0.4) is 0 Å². The summed E-state index contributed by atoms with van der Waals surface area (Å²) in [5.41, 5.74) is 0.971. The predicted octanol–water partition coefficient (Wildman–Crippen LogP) is 3.48. The van der Waals surface area contributed by atoms with E-state index < -0.39 is 11.9 Å². The van der Waals surface area contributed by atoms with Crippen LogP contribution in [0, 0.1) is 6.92 Å². The van der Waals surface area contributed by atoms with E-state index in [4.69, 9.17) is 4.42 Å². The fraction of sp³-hybridized carbons (Fsp3) is 0.500. The van der Waals surface area contributed by atoms with E-state index in [1.54, 1.807) is 6.07 Å². The molecule has 0 spiro atoms. The van der Waals surface area contributed by atoms with Gasteiger partial charge in [0, 0.05) is 30.6 Å². The molecule has 0 aliphatic carbocycles. The van der Waals surface area contributed by atoms with E-state index in [0.717, 1.165) is 31.6 Å². The molecule has 2 aromatic rings. The van der Waals surface area contributed by atoms with Crippen LogP contribution in [0.5, 0.6) is 0 Å². The number of aryl methyl sites for hydroxylation is 1. The highest BCUT2D eigenvalue weighted by molar-refractivity contribution is 5.38. The quantitative estimate of drug-likeness (QED) is 0.892. The molecule has 1 fully saturated rings. The number of hydrogen-bond donors (Lipinski definition) is 2. The van der Waals surface area contributed by atoms with E-state index >= 15 is 0 Å². The molecule has 5 nitrogen and oxygen atoms in total. The minimum Gasteiger partial charge on any atom is -0.456 e. The van der Waals surface area contributed by atoms with Crippen molar-refractivity contribution in [3.05, 3.63) is 41.2 Å². The summed E-state index contributed by atoms with van der Waals surface area (Å²) in [5.74, 6) is 0.0933. The van der Waals surface area contributed by atoms with Gasteiger partial charge in [-0.25, -0.2) is 9.97 Å². The first-order valence-corrected chi connectivity index (χ1v) is 7.86. The van der Waals surface area contributed by atoms with Crippen molar-refractivity contribution in [1.29, 1.82) is 0 Å². The van der Waals surface area contributed by atoms with Crippen molar-refractivity contribution < 1.29 is 17.6 Å². The second-order valence-electron chi connectivity index (χ2n) is 5.93. The van der Waals surface area contributed by atoms with E-state index in [2.05, 4.69) is 20.6 Å². The number of nitrogens with one attached hydrogen (secondary N) is 2. The highest BCUT2D eigenvalue weighted by Crippen LogP contribution is 2.34. The maximum Gasteiger partial charge on any atom is 0.449 e. The molecule has 0 radical (unpaired) electrons. The van der Waals surface area contributed by atoms with Gasteiger partial charge in [0.15, 0.2) is 0 Å². The molecule has 3 heterocycles. The average Bonchev–Trinajstić information content (AvgIpc) is 2.95. The summed E-state index contributed by atoms with van der Waals surface area (Å²) in [4.78, 5) is 8.38. The molecule has 1 aliphatic rings. The first-order valence-electron chi connectivity index (χ1n) is 7.86. The van der Waals surface area contributed by atoms with Crippen molar-refractivity contribution in [2.75, 3.05) is 18.4 Å². The third-order valence-electron chi connectivity index (χ3n) is 4.05. The van der Waals surface area contributed by atoms with Crippen LogP contribution in [-0.2, 0) is 12.7 Å². The van der Waals surface area contributed by atoms with Gasteiger partial charge in [0.25, 0.3) is 0 Å². The highest BCUT2D eigenvalue weighted by Gasteiger charge is 2.37. The van der Waals surface area contributed by atoms with Crippen LogP contribution >= 0.6 is 0 Å². The van der Waals surface area contributed by atoms with Gasteiger partial charge in [0.2, 0.25) is 5.76 Å². The van der Waals surface area contributed by atoms with Crippen LogP contribution in [0.1, 0.15) is 41.5 Å². The Bertz CT molecular complexity index is 693. The lowest BCUT2D eigenvalue weighted by molar-refractivity contribution is -0.154. The van der Waals surface area contributed by atoms with Gasteiger partial charge in [-0.05, 0) is 32.4 Å². The van der Waals surface area contributed by atoms with Gasteiger partial charge in [0.1, 0.15) is 17.9 Å². The van der Waals surface area contributed by atoms with Crippen molar-refractivity contribution >= 4 is 5.82 Å². The van der Waals surface area contributed by atoms with Gasteiger partial charge in [-0.15, -0.1) is 0 Å². The summed E-state index contributed by atoms with van der Waals surface area (Å²) in [6.07, 6.45) is -0.934. The molecule has 0 aromatic carbocycles. The number of anilines is 1. The predicted molar refractivity (Wildman–Crippen MR) is 82.7 cm³/mol. The van der Waals surface area contributed by atoms with Crippen molar-refractivity contribution in [3.63, 3.8) is 0 Å². The van der Waals surface area contributed by atoms with Crippen molar-refractivity contribution in [2.45, 2.75) is 38.4 Å². The Morgan fingerprint density at radius 1 is 1.33 bits per heavy atom. The van der Waals surface area contributed by atoms with Crippen molar-refractivity contribution in [2.24, 2.45) is 0 Å². The van der Waals surface area contributed by atoms with Gasteiger partial charge in [0.05, 0.1) is 5.69 Å². The molecule has 0 bridgehead atoms. The van der Waals surface area contributed by atoms with Crippen molar-refractivity contribution in [1.82, 2.24) is 15.3 Å². The molecular formula is C16H19F3N4O. The molecule has 1 saturated heterocycles. The summed E-state index contributed by atoms with van der Waals surface area (Å²) < 4.78 is 43.6. The van der Waals surface area contributed by atoms with E-state index in [1.165, 1.54) is 19.3 Å². The van der Waals surface area contributed by atoms with Crippen LogP contribution in [0.4, 0.5) is 19.0 Å². The Morgan fingerprint density at radius 3 is 2.88 bits per heavy atom. The summed E-state index contributed by atoms with van der Waals surface area (Å²) in [7, 11) is 0. The summed E-state index contributed by atoms with van der Waals surface area (Å²) >= 11 is 0. The zero-order valence-corrected chi connectivity index (χ0v) is 13.3. The third kappa shape index (κ3) is 3.87. The zero-order valence-electron chi connectivity index (χ0n) is 13.3. The standard InChI is InChI=1S/C16H19F3N4O/c1-10-5-12(15(24-10)16(17,18)19)8-21-14-6-13(22-9-23-14)11-3-2-4-20-7-11/h5-6,9,11,20H,2-4,7-8H2,1H3,(H,21,22,23). The molecule has 24 heavy (non-hydrogen) atoms. The number of aromatic nitrogens is 2. The average molecular weight is 340 g/mol. The first kappa shape index (κ1) is 16.8. The summed E-state index contributed by atoms with van der Waals surface area (Å²) in [5, 5.41) is 6.25. The summed E-state index contributed by atoms with van der Waals surface area (Å²) in [6.45, 7) is 3.35. The molecule has 1 atom stereocenters. The number of piperidine rings is 1. The lowest BCUT2D eigenvalue weighted by Gasteiger charge is -2.22. The second-order valence-corrected chi connectivity index (χ2v) is 5.93. The van der Waals surface area contributed by atoms with Gasteiger partial charge in [-0.2, -0.15) is 13.2 Å². The van der Waals surface area contributed by atoms with Crippen LogP contribution in [0.25, 0.3) is 0 Å². The SMILES string of the molecule is Cc1cc(CNc2cc(C3CCCNC3)ncn2)c(C(F)(F)F)o1. The third-order valence-corrected chi connectivity index (χ3v) is 4.05. The minimum atomic E-state index is -4.50. The maximum absolute atomic E-state index is 12.9. The molecule has 2 N–H and O–H groups in total. The van der Waals surface area contributed by atoms with Gasteiger partial charge < -0.3 is 15.1 Å².